The predicted octanol–water partition coefficient (Wildman–Crippen LogP) is 6.28. The van der Waals surface area contributed by atoms with Gasteiger partial charge in [0.25, 0.3) is 11.5 Å². The van der Waals surface area contributed by atoms with E-state index >= 15 is 0 Å². The number of rotatable bonds is 9. The van der Waals surface area contributed by atoms with Gasteiger partial charge < -0.3 is 4.74 Å². The Bertz CT molecular complexity index is 1340. The van der Waals surface area contributed by atoms with Crippen molar-refractivity contribution in [1.29, 1.82) is 0 Å². The molecule has 35 heavy (non-hydrogen) atoms. The molecular weight excluding hydrogens is 478 g/mol. The number of ether oxygens (including phenoxy) is 1. The summed E-state index contributed by atoms with van der Waals surface area (Å²) in [5.41, 5.74) is 2.46. The molecule has 1 aliphatic rings. The van der Waals surface area contributed by atoms with Crippen molar-refractivity contribution in [3.63, 3.8) is 0 Å². The van der Waals surface area contributed by atoms with E-state index in [1.165, 1.54) is 29.0 Å². The molecule has 3 aromatic rings. The fraction of sp³-hybridized carbons (Fsp3) is 0.333. The molecule has 0 radical (unpaired) electrons. The highest BCUT2D eigenvalue weighted by Gasteiger charge is 2.32. The summed E-state index contributed by atoms with van der Waals surface area (Å²) in [5.74, 6) is 0.574. The molecule has 0 bridgehead atoms. The molecule has 0 saturated carbocycles. The number of unbranched alkanes of at least 4 members (excludes halogenated alkanes) is 4. The van der Waals surface area contributed by atoms with Crippen molar-refractivity contribution in [2.45, 2.75) is 52.9 Å². The minimum Gasteiger partial charge on any atom is -0.438 e. The van der Waals surface area contributed by atoms with E-state index in [-0.39, 0.29) is 22.9 Å². The van der Waals surface area contributed by atoms with Crippen LogP contribution >= 0.6 is 24.0 Å². The van der Waals surface area contributed by atoms with Crippen molar-refractivity contribution < 1.29 is 9.53 Å². The van der Waals surface area contributed by atoms with Gasteiger partial charge in [-0.1, -0.05) is 68.7 Å². The van der Waals surface area contributed by atoms with Crippen LogP contribution in [0, 0.1) is 13.8 Å². The van der Waals surface area contributed by atoms with Crippen LogP contribution in [0.4, 0.5) is 0 Å². The minimum atomic E-state index is -0.306. The largest absolute Gasteiger partial charge is 0.438 e. The van der Waals surface area contributed by atoms with Gasteiger partial charge in [-0.15, -0.1) is 0 Å². The predicted molar refractivity (Wildman–Crippen MR) is 146 cm³/mol. The van der Waals surface area contributed by atoms with Crippen molar-refractivity contribution in [1.82, 2.24) is 14.3 Å². The zero-order valence-corrected chi connectivity index (χ0v) is 21.9. The Hall–Kier alpha value is -2.97. The van der Waals surface area contributed by atoms with Gasteiger partial charge in [0.2, 0.25) is 5.88 Å². The lowest BCUT2D eigenvalue weighted by Crippen LogP contribution is -2.29. The Kier molecular flexibility index (Phi) is 8.03. The summed E-state index contributed by atoms with van der Waals surface area (Å²) in [6.07, 6.45) is 8.72. The molecule has 2 aromatic heterocycles. The number of pyridine rings is 1. The number of carbonyl (C=O) groups is 1. The number of thiocarbonyl (C=S) groups is 1. The molecule has 1 amide bonds. The van der Waals surface area contributed by atoms with Crippen LogP contribution in [0.5, 0.6) is 11.6 Å². The first-order chi connectivity index (χ1) is 16.9. The summed E-state index contributed by atoms with van der Waals surface area (Å²) in [7, 11) is 0. The molecule has 6 nitrogen and oxygen atoms in total. The van der Waals surface area contributed by atoms with Crippen LogP contribution in [-0.2, 0) is 4.79 Å². The molecule has 0 aliphatic carbocycles. The number of fused-ring (bicyclic) bond motifs is 1. The minimum absolute atomic E-state index is 0.163. The molecule has 1 aromatic carbocycles. The highest BCUT2D eigenvalue weighted by molar-refractivity contribution is 8.26. The Morgan fingerprint density at radius 2 is 1.80 bits per heavy atom. The standard InChI is InChI=1S/C27H29N3O3S2/c1-4-5-6-7-9-13-30-26(32)22(35-27(30)34)17-21-24(33-20-15-18(2)14-19(3)16-20)28-23-11-8-10-12-29(23)25(21)31/h8,10-12,14-17H,4-7,9,13H2,1-3H3/b22-17+. The molecular formula is C27H29N3O3S2. The summed E-state index contributed by atoms with van der Waals surface area (Å²) >= 11 is 6.70. The maximum atomic E-state index is 13.4. The van der Waals surface area contributed by atoms with Crippen LogP contribution in [0.25, 0.3) is 11.7 Å². The normalized spacial score (nSPS) is 14.9. The van der Waals surface area contributed by atoms with Crippen molar-refractivity contribution >= 4 is 45.9 Å². The van der Waals surface area contributed by atoms with Crippen molar-refractivity contribution in [3.8, 4) is 11.6 Å². The molecule has 0 unspecified atom stereocenters. The lowest BCUT2D eigenvalue weighted by atomic mass is 10.1. The first kappa shape index (κ1) is 25.1. The van der Waals surface area contributed by atoms with Crippen LogP contribution in [0.15, 0.2) is 52.3 Å². The molecule has 0 spiro atoms. The van der Waals surface area contributed by atoms with E-state index in [1.807, 2.05) is 38.1 Å². The maximum Gasteiger partial charge on any atom is 0.269 e. The van der Waals surface area contributed by atoms with Gasteiger partial charge in [-0.3, -0.25) is 18.9 Å². The fourth-order valence-electron chi connectivity index (χ4n) is 4.08. The number of nitrogens with zero attached hydrogens (tertiary/aromatic N) is 3. The molecule has 0 N–H and O–H groups in total. The lowest BCUT2D eigenvalue weighted by Gasteiger charge is -2.14. The number of thioether (sulfide) groups is 1. The third kappa shape index (κ3) is 5.82. The smallest absolute Gasteiger partial charge is 0.269 e. The quantitative estimate of drug-likeness (QED) is 0.193. The van der Waals surface area contributed by atoms with Gasteiger partial charge in [-0.25, -0.2) is 0 Å². The number of hydrogen-bond acceptors (Lipinski definition) is 6. The summed E-state index contributed by atoms with van der Waals surface area (Å²) < 4.78 is 8.09. The summed E-state index contributed by atoms with van der Waals surface area (Å²) in [6, 6.07) is 11.2. The van der Waals surface area contributed by atoms with Gasteiger partial charge in [0.05, 0.1) is 4.91 Å². The SMILES string of the molecule is CCCCCCCN1C(=O)/C(=C\c2c(Oc3cc(C)cc(C)c3)nc3ccccn3c2=O)SC1=S. The van der Waals surface area contributed by atoms with Crippen molar-refractivity contribution in [2.24, 2.45) is 0 Å². The second-order valence-electron chi connectivity index (χ2n) is 8.74. The van der Waals surface area contributed by atoms with Crippen LogP contribution in [0.3, 0.4) is 0 Å². The number of amides is 1. The number of hydrogen-bond donors (Lipinski definition) is 0. The van der Waals surface area contributed by atoms with Crippen LogP contribution < -0.4 is 10.3 Å². The Morgan fingerprint density at radius 1 is 1.06 bits per heavy atom. The second kappa shape index (κ2) is 11.2. The second-order valence-corrected chi connectivity index (χ2v) is 10.4. The van der Waals surface area contributed by atoms with Gasteiger partial charge in [-0.05, 0) is 61.7 Å². The zero-order valence-electron chi connectivity index (χ0n) is 20.2. The first-order valence-electron chi connectivity index (χ1n) is 11.9. The molecule has 182 valence electrons. The molecule has 4 rings (SSSR count). The molecule has 0 atom stereocenters. The van der Waals surface area contributed by atoms with Gasteiger partial charge in [0.1, 0.15) is 21.3 Å². The molecule has 1 fully saturated rings. The monoisotopic (exact) mass is 507 g/mol. The molecule has 3 heterocycles. The fourth-order valence-corrected chi connectivity index (χ4v) is 5.37. The summed E-state index contributed by atoms with van der Waals surface area (Å²) in [6.45, 7) is 6.73. The molecule has 8 heteroatoms. The van der Waals surface area contributed by atoms with E-state index in [9.17, 15) is 9.59 Å². The first-order valence-corrected chi connectivity index (χ1v) is 13.1. The third-order valence-corrected chi connectivity index (χ3v) is 7.16. The third-order valence-electron chi connectivity index (χ3n) is 5.78. The number of aromatic nitrogens is 2. The van der Waals surface area contributed by atoms with E-state index in [0.717, 1.165) is 30.4 Å². The van der Waals surface area contributed by atoms with Crippen LogP contribution in [0.2, 0.25) is 0 Å². The Labute approximate surface area is 215 Å². The Balaban J connectivity index is 1.69. The van der Waals surface area contributed by atoms with Gasteiger partial charge in [-0.2, -0.15) is 4.98 Å². The van der Waals surface area contributed by atoms with Crippen molar-refractivity contribution in [2.75, 3.05) is 6.54 Å². The van der Waals surface area contributed by atoms with Crippen LogP contribution in [0.1, 0.15) is 55.7 Å². The summed E-state index contributed by atoms with van der Waals surface area (Å²) in [4.78, 5) is 33.2. The van der Waals surface area contributed by atoms with E-state index in [0.29, 0.717) is 27.2 Å². The van der Waals surface area contributed by atoms with E-state index in [4.69, 9.17) is 17.0 Å². The average Bonchev–Trinajstić information content (AvgIpc) is 3.08. The maximum absolute atomic E-state index is 13.4. The van der Waals surface area contributed by atoms with Crippen molar-refractivity contribution in [3.05, 3.63) is 74.5 Å². The van der Waals surface area contributed by atoms with Gasteiger partial charge >= 0.3 is 0 Å². The highest BCUT2D eigenvalue weighted by atomic mass is 32.2. The average molecular weight is 508 g/mol. The lowest BCUT2D eigenvalue weighted by molar-refractivity contribution is -0.122. The summed E-state index contributed by atoms with van der Waals surface area (Å²) in [5, 5.41) is 0. The molecule has 1 aliphatic heterocycles. The number of benzene rings is 1. The zero-order chi connectivity index (χ0) is 24.9. The molecule has 1 saturated heterocycles. The van der Waals surface area contributed by atoms with E-state index in [2.05, 4.69) is 11.9 Å². The van der Waals surface area contributed by atoms with Gasteiger partial charge in [0, 0.05) is 12.7 Å². The Morgan fingerprint density at radius 3 is 2.54 bits per heavy atom. The van der Waals surface area contributed by atoms with Crippen LogP contribution in [-0.4, -0.2) is 31.1 Å². The topological polar surface area (TPSA) is 63.9 Å². The van der Waals surface area contributed by atoms with E-state index in [1.54, 1.807) is 29.3 Å². The van der Waals surface area contributed by atoms with Gasteiger partial charge in [0.15, 0.2) is 0 Å². The number of carbonyl (C=O) groups excluding carboxylic acids is 1. The van der Waals surface area contributed by atoms with E-state index < -0.39 is 0 Å². The highest BCUT2D eigenvalue weighted by Crippen LogP contribution is 2.34. The number of aryl methyl sites for hydroxylation is 2.